The lowest BCUT2D eigenvalue weighted by Crippen LogP contribution is -2.59. The number of piperidine rings is 1. The molecule has 0 spiro atoms. The molecular formula is C21H30N2O3. The van der Waals surface area contributed by atoms with Gasteiger partial charge in [0, 0.05) is 12.6 Å². The topological polar surface area (TPSA) is 64.8 Å². The third kappa shape index (κ3) is 3.47. The van der Waals surface area contributed by atoms with E-state index in [0.29, 0.717) is 12.5 Å². The normalized spacial score (nSPS) is 35.4. The zero-order chi connectivity index (χ0) is 18.1. The summed E-state index contributed by atoms with van der Waals surface area (Å²) in [7, 11) is 0. The SMILES string of the molecule is C[C@H]1Oc2ccccc2C2CCC(CC2)OC[C@H]2[C@@H](N)CCCN2C1=O. The third-order valence-corrected chi connectivity index (χ3v) is 6.30. The minimum absolute atomic E-state index is 0.0198. The van der Waals surface area contributed by atoms with Crippen LogP contribution in [0.25, 0.3) is 0 Å². The second kappa shape index (κ2) is 7.57. The van der Waals surface area contributed by atoms with Crippen LogP contribution in [-0.2, 0) is 9.53 Å². The first-order valence-electron chi connectivity index (χ1n) is 10.1. The fourth-order valence-electron chi connectivity index (χ4n) is 4.75. The molecule has 0 aromatic heterocycles. The van der Waals surface area contributed by atoms with Gasteiger partial charge in [0.2, 0.25) is 0 Å². The van der Waals surface area contributed by atoms with Crippen molar-refractivity contribution in [1.29, 1.82) is 0 Å². The molecule has 1 saturated heterocycles. The fraction of sp³-hybridized carbons (Fsp3) is 0.667. The van der Waals surface area contributed by atoms with E-state index >= 15 is 0 Å². The molecule has 3 heterocycles. The zero-order valence-corrected chi connectivity index (χ0v) is 15.6. The quantitative estimate of drug-likeness (QED) is 0.774. The second-order valence-electron chi connectivity index (χ2n) is 8.01. The van der Waals surface area contributed by atoms with Gasteiger partial charge in [0.1, 0.15) is 5.75 Å². The van der Waals surface area contributed by atoms with Crippen molar-refractivity contribution in [3.8, 4) is 5.75 Å². The standard InChI is InChI=1S/C21H30N2O3/c1-14-21(24)23-12-4-6-18(22)19(23)13-25-16-10-8-15(9-11-16)17-5-2-3-7-20(17)26-14/h2-3,5,7,14-16,18-19H,4,6,8-13,22H2,1H3/t14-,15?,16?,18+,19+/m1/s1. The van der Waals surface area contributed by atoms with Crippen LogP contribution in [0.4, 0.5) is 0 Å². The predicted molar refractivity (Wildman–Crippen MR) is 100 cm³/mol. The molecule has 2 N–H and O–H groups in total. The van der Waals surface area contributed by atoms with Crippen LogP contribution in [0.5, 0.6) is 5.75 Å². The molecule has 3 atom stereocenters. The minimum Gasteiger partial charge on any atom is -0.481 e. The van der Waals surface area contributed by atoms with Crippen LogP contribution < -0.4 is 10.5 Å². The summed E-state index contributed by atoms with van der Waals surface area (Å²) >= 11 is 0. The number of nitrogens with zero attached hydrogens (tertiary/aromatic N) is 1. The molecule has 5 nitrogen and oxygen atoms in total. The number of ether oxygens (including phenoxy) is 2. The maximum atomic E-state index is 13.1. The van der Waals surface area contributed by atoms with Crippen LogP contribution in [-0.4, -0.2) is 48.3 Å². The first-order valence-corrected chi connectivity index (χ1v) is 10.1. The predicted octanol–water partition coefficient (Wildman–Crippen LogP) is 2.83. The molecule has 4 aliphatic rings. The van der Waals surface area contributed by atoms with Gasteiger partial charge in [-0.2, -0.15) is 0 Å². The Morgan fingerprint density at radius 2 is 1.88 bits per heavy atom. The number of amides is 1. The molecule has 3 aliphatic heterocycles. The van der Waals surface area contributed by atoms with E-state index in [1.807, 2.05) is 24.0 Å². The third-order valence-electron chi connectivity index (χ3n) is 6.30. The van der Waals surface area contributed by atoms with Crippen molar-refractivity contribution >= 4 is 5.91 Å². The summed E-state index contributed by atoms with van der Waals surface area (Å²) in [6.07, 6.45) is 5.99. The van der Waals surface area contributed by atoms with Gasteiger partial charge in [-0.15, -0.1) is 0 Å². The van der Waals surface area contributed by atoms with Crippen LogP contribution in [0.1, 0.15) is 56.9 Å². The molecule has 1 saturated carbocycles. The summed E-state index contributed by atoms with van der Waals surface area (Å²) in [4.78, 5) is 15.0. The summed E-state index contributed by atoms with van der Waals surface area (Å²) in [6, 6.07) is 8.14. The Morgan fingerprint density at radius 1 is 1.12 bits per heavy atom. The second-order valence-corrected chi connectivity index (χ2v) is 8.01. The number of fused-ring (bicyclic) bond motifs is 5. The van der Waals surface area contributed by atoms with Gasteiger partial charge < -0.3 is 20.1 Å². The Labute approximate surface area is 155 Å². The van der Waals surface area contributed by atoms with Gasteiger partial charge in [-0.05, 0) is 63.0 Å². The van der Waals surface area contributed by atoms with E-state index in [2.05, 4.69) is 12.1 Å². The van der Waals surface area contributed by atoms with Crippen LogP contribution in [0.3, 0.4) is 0 Å². The lowest BCUT2D eigenvalue weighted by Gasteiger charge is -2.41. The number of carbonyl (C=O) groups is 1. The van der Waals surface area contributed by atoms with Crippen LogP contribution in [0.2, 0.25) is 0 Å². The molecule has 1 aromatic carbocycles. The maximum Gasteiger partial charge on any atom is 0.263 e. The highest BCUT2D eigenvalue weighted by Gasteiger charge is 2.37. The number of nitrogens with two attached hydrogens (primary N) is 1. The first kappa shape index (κ1) is 17.8. The van der Waals surface area contributed by atoms with Crippen LogP contribution in [0.15, 0.2) is 24.3 Å². The van der Waals surface area contributed by atoms with E-state index in [4.69, 9.17) is 15.2 Å². The molecule has 2 fully saturated rings. The van der Waals surface area contributed by atoms with Crippen molar-refractivity contribution in [2.75, 3.05) is 13.2 Å². The summed E-state index contributed by atoms with van der Waals surface area (Å²) in [5, 5.41) is 0. The van der Waals surface area contributed by atoms with E-state index in [0.717, 1.165) is 50.8 Å². The average Bonchev–Trinajstić information content (AvgIpc) is 2.67. The minimum atomic E-state index is -0.512. The van der Waals surface area contributed by atoms with Gasteiger partial charge in [-0.1, -0.05) is 18.2 Å². The molecule has 5 rings (SSSR count). The Kier molecular flexibility index (Phi) is 5.18. The van der Waals surface area contributed by atoms with E-state index in [9.17, 15) is 4.79 Å². The number of hydrogen-bond donors (Lipinski definition) is 1. The molecule has 1 aliphatic carbocycles. The molecule has 0 unspecified atom stereocenters. The van der Waals surface area contributed by atoms with E-state index in [1.165, 1.54) is 5.56 Å². The molecular weight excluding hydrogens is 328 g/mol. The molecule has 142 valence electrons. The lowest BCUT2D eigenvalue weighted by molar-refractivity contribution is -0.145. The molecule has 2 bridgehead atoms. The maximum absolute atomic E-state index is 13.1. The lowest BCUT2D eigenvalue weighted by atomic mass is 9.82. The van der Waals surface area contributed by atoms with Crippen molar-refractivity contribution in [1.82, 2.24) is 4.90 Å². The van der Waals surface area contributed by atoms with E-state index < -0.39 is 6.10 Å². The fourth-order valence-corrected chi connectivity index (χ4v) is 4.75. The number of benzene rings is 1. The van der Waals surface area contributed by atoms with Crippen molar-refractivity contribution in [2.24, 2.45) is 5.73 Å². The zero-order valence-electron chi connectivity index (χ0n) is 15.6. The molecule has 5 heteroatoms. The Hall–Kier alpha value is -1.59. The number of hydrogen-bond acceptors (Lipinski definition) is 4. The summed E-state index contributed by atoms with van der Waals surface area (Å²) in [6.45, 7) is 3.14. The molecule has 1 amide bonds. The number of rotatable bonds is 0. The number of carbonyl (C=O) groups excluding carboxylic acids is 1. The number of para-hydroxylation sites is 1. The van der Waals surface area contributed by atoms with Crippen molar-refractivity contribution < 1.29 is 14.3 Å². The Balaban J connectivity index is 1.66. The van der Waals surface area contributed by atoms with Crippen LogP contribution in [0, 0.1) is 0 Å². The highest BCUT2D eigenvalue weighted by atomic mass is 16.5. The first-order chi connectivity index (χ1) is 12.6. The van der Waals surface area contributed by atoms with E-state index in [1.54, 1.807) is 0 Å². The summed E-state index contributed by atoms with van der Waals surface area (Å²) in [5.74, 6) is 1.36. The van der Waals surface area contributed by atoms with Crippen LogP contribution >= 0.6 is 0 Å². The van der Waals surface area contributed by atoms with Gasteiger partial charge in [0.25, 0.3) is 5.91 Å². The molecule has 0 radical (unpaired) electrons. The van der Waals surface area contributed by atoms with Crippen molar-refractivity contribution in [3.63, 3.8) is 0 Å². The average molecular weight is 358 g/mol. The van der Waals surface area contributed by atoms with Gasteiger partial charge in [0.15, 0.2) is 6.10 Å². The Morgan fingerprint density at radius 3 is 2.69 bits per heavy atom. The summed E-state index contributed by atoms with van der Waals surface area (Å²) < 4.78 is 12.4. The molecule has 26 heavy (non-hydrogen) atoms. The van der Waals surface area contributed by atoms with Gasteiger partial charge in [-0.3, -0.25) is 4.79 Å². The highest BCUT2D eigenvalue weighted by molar-refractivity contribution is 5.81. The van der Waals surface area contributed by atoms with E-state index in [-0.39, 0.29) is 24.1 Å². The van der Waals surface area contributed by atoms with Gasteiger partial charge in [0.05, 0.1) is 18.8 Å². The largest absolute Gasteiger partial charge is 0.481 e. The summed E-state index contributed by atoms with van der Waals surface area (Å²) in [5.41, 5.74) is 7.60. The smallest absolute Gasteiger partial charge is 0.263 e. The monoisotopic (exact) mass is 358 g/mol. The highest BCUT2D eigenvalue weighted by Crippen LogP contribution is 2.39. The van der Waals surface area contributed by atoms with Gasteiger partial charge >= 0.3 is 0 Å². The Bertz CT molecular complexity index is 642. The van der Waals surface area contributed by atoms with Crippen molar-refractivity contribution in [3.05, 3.63) is 29.8 Å². The van der Waals surface area contributed by atoms with Gasteiger partial charge in [-0.25, -0.2) is 0 Å². The van der Waals surface area contributed by atoms with Crippen molar-refractivity contribution in [2.45, 2.75) is 75.7 Å². The molecule has 1 aromatic rings.